The summed E-state index contributed by atoms with van der Waals surface area (Å²) in [5.74, 6) is -1.84. The molecular formula is C21H22N2O6S. The van der Waals surface area contributed by atoms with Crippen molar-refractivity contribution in [3.05, 3.63) is 46.3 Å². The number of amides is 1. The summed E-state index contributed by atoms with van der Waals surface area (Å²) >= 11 is 1.41. The molecule has 0 fully saturated rings. The van der Waals surface area contributed by atoms with Crippen LogP contribution in [0.1, 0.15) is 56.3 Å². The van der Waals surface area contributed by atoms with Crippen LogP contribution in [-0.4, -0.2) is 47.1 Å². The van der Waals surface area contributed by atoms with Crippen molar-refractivity contribution in [3.63, 3.8) is 0 Å². The lowest BCUT2D eigenvalue weighted by Gasteiger charge is -2.21. The van der Waals surface area contributed by atoms with Crippen LogP contribution in [0.2, 0.25) is 0 Å². The highest BCUT2D eigenvalue weighted by atomic mass is 32.2. The second-order valence-electron chi connectivity index (χ2n) is 6.99. The molecular weight excluding hydrogens is 408 g/mol. The van der Waals surface area contributed by atoms with Gasteiger partial charge in [-0.1, -0.05) is 0 Å². The summed E-state index contributed by atoms with van der Waals surface area (Å²) in [4.78, 5) is 52.9. The number of ether oxygens (including phenoxy) is 2. The summed E-state index contributed by atoms with van der Waals surface area (Å²) in [7, 11) is 1.26. The number of hydrogen-bond acceptors (Lipinski definition) is 7. The summed E-state index contributed by atoms with van der Waals surface area (Å²) in [6, 6.07) is 4.86. The maximum absolute atomic E-state index is 12.8. The van der Waals surface area contributed by atoms with Crippen LogP contribution >= 0.6 is 11.8 Å². The zero-order chi connectivity index (χ0) is 22.2. The van der Waals surface area contributed by atoms with E-state index in [0.29, 0.717) is 16.9 Å². The largest absolute Gasteiger partial charge is 0.465 e. The van der Waals surface area contributed by atoms with Gasteiger partial charge in [0.1, 0.15) is 0 Å². The summed E-state index contributed by atoms with van der Waals surface area (Å²) in [6.07, 6.45) is -1.08. The smallest absolute Gasteiger partial charge is 0.339 e. The van der Waals surface area contributed by atoms with Gasteiger partial charge >= 0.3 is 11.9 Å². The Morgan fingerprint density at radius 3 is 2.53 bits per heavy atom. The van der Waals surface area contributed by atoms with Crippen molar-refractivity contribution in [1.29, 1.82) is 0 Å². The van der Waals surface area contributed by atoms with E-state index in [4.69, 9.17) is 9.47 Å². The molecule has 1 aromatic heterocycles. The Hall–Kier alpha value is -3.07. The Kier molecular flexibility index (Phi) is 6.02. The van der Waals surface area contributed by atoms with Gasteiger partial charge in [0.25, 0.3) is 0 Å². The number of carbonyl (C=O) groups is 4. The number of benzene rings is 1. The minimum absolute atomic E-state index is 0.138. The molecule has 0 saturated heterocycles. The van der Waals surface area contributed by atoms with Crippen molar-refractivity contribution >= 4 is 41.1 Å². The number of carbonyl (C=O) groups excluding carboxylic acids is 4. The van der Waals surface area contributed by atoms with E-state index in [1.807, 2.05) is 0 Å². The minimum Gasteiger partial charge on any atom is -0.465 e. The van der Waals surface area contributed by atoms with E-state index in [1.54, 1.807) is 32.9 Å². The Balaban J connectivity index is 1.77. The highest BCUT2D eigenvalue weighted by Crippen LogP contribution is 2.36. The lowest BCUT2D eigenvalue weighted by Crippen LogP contribution is -2.27. The quantitative estimate of drug-likeness (QED) is 0.553. The average molecular weight is 430 g/mol. The number of esters is 2. The van der Waals surface area contributed by atoms with Crippen LogP contribution in [0.4, 0.5) is 5.69 Å². The van der Waals surface area contributed by atoms with Crippen molar-refractivity contribution < 1.29 is 28.7 Å². The maximum atomic E-state index is 12.8. The van der Waals surface area contributed by atoms with E-state index >= 15 is 0 Å². The Morgan fingerprint density at radius 2 is 1.87 bits per heavy atom. The van der Waals surface area contributed by atoms with Crippen molar-refractivity contribution in [2.75, 3.05) is 12.4 Å². The van der Waals surface area contributed by atoms with Gasteiger partial charge in [0.15, 0.2) is 6.10 Å². The second-order valence-corrected chi connectivity index (χ2v) is 8.37. The van der Waals surface area contributed by atoms with Gasteiger partial charge in [-0.3, -0.25) is 9.59 Å². The molecule has 1 amide bonds. The van der Waals surface area contributed by atoms with Gasteiger partial charge in [0, 0.05) is 10.6 Å². The number of methoxy groups -OCH3 is 1. The van der Waals surface area contributed by atoms with Crippen LogP contribution in [0.15, 0.2) is 23.1 Å². The molecule has 0 saturated carbocycles. The lowest BCUT2D eigenvalue weighted by molar-refractivity contribution is -0.115. The van der Waals surface area contributed by atoms with Gasteiger partial charge < -0.3 is 19.8 Å². The van der Waals surface area contributed by atoms with E-state index in [0.717, 1.165) is 4.90 Å². The first-order valence-corrected chi connectivity index (χ1v) is 10.2. The number of ketones is 1. The number of fused-ring (bicyclic) bond motifs is 1. The van der Waals surface area contributed by atoms with Crippen LogP contribution in [0.3, 0.4) is 0 Å². The van der Waals surface area contributed by atoms with Crippen LogP contribution < -0.4 is 5.32 Å². The molecule has 2 heterocycles. The van der Waals surface area contributed by atoms with Gasteiger partial charge in [0.2, 0.25) is 11.7 Å². The van der Waals surface area contributed by atoms with Gasteiger partial charge in [-0.05, 0) is 51.5 Å². The number of H-pyrrole nitrogens is 1. The van der Waals surface area contributed by atoms with E-state index in [1.165, 1.54) is 31.9 Å². The van der Waals surface area contributed by atoms with Crippen molar-refractivity contribution in [2.24, 2.45) is 0 Å². The molecule has 0 spiro atoms. The molecule has 1 aliphatic rings. The van der Waals surface area contributed by atoms with Gasteiger partial charge in [-0.2, -0.15) is 0 Å². The van der Waals surface area contributed by atoms with Crippen LogP contribution in [0, 0.1) is 13.8 Å². The number of aromatic amines is 1. The zero-order valence-electron chi connectivity index (χ0n) is 17.2. The highest BCUT2D eigenvalue weighted by molar-refractivity contribution is 8.00. The van der Waals surface area contributed by atoms with Crippen LogP contribution in [0.25, 0.3) is 0 Å². The first kappa shape index (κ1) is 21.6. The number of rotatable bonds is 5. The average Bonchev–Trinajstić information content (AvgIpc) is 3.01. The summed E-state index contributed by atoms with van der Waals surface area (Å²) in [6.45, 7) is 6.55. The number of thioether (sulfide) groups is 1. The van der Waals surface area contributed by atoms with E-state index in [2.05, 4.69) is 10.3 Å². The number of Topliss-reactive ketones (excluding diaryl/α,β-unsaturated/α-hetero) is 1. The fraction of sp³-hybridized carbons (Fsp3) is 0.333. The number of hydrogen-bond donors (Lipinski definition) is 2. The molecule has 9 heteroatoms. The molecule has 1 aromatic carbocycles. The minimum atomic E-state index is -1.08. The van der Waals surface area contributed by atoms with Crippen molar-refractivity contribution in [1.82, 2.24) is 4.98 Å². The molecule has 30 heavy (non-hydrogen) atoms. The molecule has 3 rings (SSSR count). The summed E-state index contributed by atoms with van der Waals surface area (Å²) < 4.78 is 10.1. The predicted octanol–water partition coefficient (Wildman–Crippen LogP) is 3.28. The SMILES string of the molecule is COC(=O)c1c(C)[nH]c(C(=O)[C@@H](C)OC(=O)c2ccc3c(c2)NC(=O)[C@@H](C)S3)c1C. The van der Waals surface area contributed by atoms with Gasteiger partial charge in [0.05, 0.1) is 34.9 Å². The van der Waals surface area contributed by atoms with E-state index < -0.39 is 23.8 Å². The molecule has 2 aromatic rings. The summed E-state index contributed by atoms with van der Waals surface area (Å²) in [5, 5.41) is 2.54. The molecule has 1 aliphatic heterocycles. The van der Waals surface area contributed by atoms with Crippen LogP contribution in [-0.2, 0) is 14.3 Å². The topological polar surface area (TPSA) is 115 Å². The predicted molar refractivity (Wildman–Crippen MR) is 111 cm³/mol. The maximum Gasteiger partial charge on any atom is 0.339 e. The lowest BCUT2D eigenvalue weighted by atomic mass is 10.1. The van der Waals surface area contributed by atoms with Gasteiger partial charge in [-0.25, -0.2) is 9.59 Å². The van der Waals surface area contributed by atoms with Crippen molar-refractivity contribution in [2.45, 2.75) is 43.9 Å². The Morgan fingerprint density at radius 1 is 1.17 bits per heavy atom. The van der Waals surface area contributed by atoms with E-state index in [-0.39, 0.29) is 28.0 Å². The number of aromatic nitrogens is 1. The fourth-order valence-corrected chi connectivity index (χ4v) is 4.16. The molecule has 0 radical (unpaired) electrons. The molecule has 2 N–H and O–H groups in total. The normalized spacial score (nSPS) is 16.3. The fourth-order valence-electron chi connectivity index (χ4n) is 3.23. The monoisotopic (exact) mass is 430 g/mol. The standard InChI is InChI=1S/C21H22N2O6S/c1-9-16(21(27)28-5)10(2)22-17(9)18(24)11(3)29-20(26)13-6-7-15-14(8-13)23-19(25)12(4)30-15/h6-8,11-12,22H,1-5H3,(H,23,25)/t11-,12-/m1/s1. The molecule has 2 atom stereocenters. The number of anilines is 1. The zero-order valence-corrected chi connectivity index (χ0v) is 18.1. The second kappa shape index (κ2) is 8.35. The number of aryl methyl sites for hydroxylation is 1. The third-order valence-corrected chi connectivity index (χ3v) is 6.05. The molecule has 0 aliphatic carbocycles. The van der Waals surface area contributed by atoms with Crippen LogP contribution in [0.5, 0.6) is 0 Å². The van der Waals surface area contributed by atoms with Crippen molar-refractivity contribution in [3.8, 4) is 0 Å². The third kappa shape index (κ3) is 3.97. The number of nitrogens with one attached hydrogen (secondary N) is 2. The van der Waals surface area contributed by atoms with E-state index in [9.17, 15) is 19.2 Å². The van der Waals surface area contributed by atoms with Gasteiger partial charge in [-0.15, -0.1) is 11.8 Å². The molecule has 0 unspecified atom stereocenters. The highest BCUT2D eigenvalue weighted by Gasteiger charge is 2.28. The third-order valence-electron chi connectivity index (χ3n) is 4.87. The molecule has 8 nitrogen and oxygen atoms in total. The Labute approximate surface area is 177 Å². The Bertz CT molecular complexity index is 1060. The summed E-state index contributed by atoms with van der Waals surface area (Å²) in [5.41, 5.74) is 2.18. The molecule has 158 valence electrons. The first-order chi connectivity index (χ1) is 14.1. The molecule has 0 bridgehead atoms. The first-order valence-electron chi connectivity index (χ1n) is 9.28.